The first-order chi connectivity index (χ1) is 12.5. The minimum Gasteiger partial charge on any atom is -0.480 e. The molecule has 0 N–H and O–H groups in total. The molecule has 26 heavy (non-hydrogen) atoms. The van der Waals surface area contributed by atoms with Gasteiger partial charge in [0.15, 0.2) is 17.3 Å². The van der Waals surface area contributed by atoms with E-state index in [9.17, 15) is 13.2 Å². The molecule has 0 aliphatic rings. The Morgan fingerprint density at radius 2 is 1.92 bits per heavy atom. The minimum absolute atomic E-state index is 0.0837. The first-order valence-electron chi connectivity index (χ1n) is 7.18. The summed E-state index contributed by atoms with van der Waals surface area (Å²) in [5, 5.41) is 1.74. The first-order valence-corrected chi connectivity index (χ1v) is 8.12. The van der Waals surface area contributed by atoms with E-state index in [0.29, 0.717) is 23.2 Å². The summed E-state index contributed by atoms with van der Waals surface area (Å²) in [5.74, 6) is 0.969. The average molecular weight is 378 g/mol. The van der Waals surface area contributed by atoms with Gasteiger partial charge in [0.05, 0.1) is 30.6 Å². The molecule has 0 aromatic carbocycles. The van der Waals surface area contributed by atoms with E-state index in [0.717, 1.165) is 12.3 Å². The molecule has 0 bridgehead atoms. The summed E-state index contributed by atoms with van der Waals surface area (Å²) in [6.45, 7) is 0. The number of fused-ring (bicyclic) bond motifs is 1. The number of alkyl halides is 3. The molecule has 4 heterocycles. The third-order valence-corrected chi connectivity index (χ3v) is 4.13. The number of thiazole rings is 1. The molecule has 4 aromatic rings. The maximum absolute atomic E-state index is 13.0. The summed E-state index contributed by atoms with van der Waals surface area (Å²) >= 11 is 1.34. The van der Waals surface area contributed by atoms with Crippen molar-refractivity contribution in [3.05, 3.63) is 41.1 Å². The predicted molar refractivity (Wildman–Crippen MR) is 87.1 cm³/mol. The van der Waals surface area contributed by atoms with Gasteiger partial charge in [0.2, 0.25) is 5.88 Å². The van der Waals surface area contributed by atoms with Gasteiger partial charge < -0.3 is 4.74 Å². The largest absolute Gasteiger partial charge is 0.480 e. The van der Waals surface area contributed by atoms with Crippen LogP contribution in [0.15, 0.2) is 35.5 Å². The molecule has 132 valence electrons. The molecule has 4 rings (SSSR count). The molecule has 4 aromatic heterocycles. The van der Waals surface area contributed by atoms with Crippen molar-refractivity contribution in [2.45, 2.75) is 6.18 Å². The molecule has 0 aliphatic heterocycles. The van der Waals surface area contributed by atoms with Crippen molar-refractivity contribution >= 4 is 22.5 Å². The van der Waals surface area contributed by atoms with Crippen LogP contribution in [0.1, 0.15) is 5.56 Å². The van der Waals surface area contributed by atoms with Crippen molar-refractivity contribution in [2.24, 2.45) is 0 Å². The number of ether oxygens (including phenoxy) is 1. The average Bonchev–Trinajstić information content (AvgIpc) is 3.28. The van der Waals surface area contributed by atoms with E-state index >= 15 is 0 Å². The zero-order chi connectivity index (χ0) is 18.3. The van der Waals surface area contributed by atoms with E-state index in [2.05, 4.69) is 24.9 Å². The molecule has 0 amide bonds. The number of methoxy groups -OCH3 is 1. The van der Waals surface area contributed by atoms with E-state index in [1.807, 2.05) is 0 Å². The Balaban J connectivity index is 1.97. The Labute approximate surface area is 148 Å². The molecule has 0 saturated carbocycles. The number of pyridine rings is 1. The van der Waals surface area contributed by atoms with Gasteiger partial charge >= 0.3 is 6.18 Å². The van der Waals surface area contributed by atoms with Gasteiger partial charge in [-0.2, -0.15) is 13.2 Å². The van der Waals surface area contributed by atoms with Gasteiger partial charge in [-0.1, -0.05) is 0 Å². The number of rotatable bonds is 3. The quantitative estimate of drug-likeness (QED) is 0.544. The van der Waals surface area contributed by atoms with Crippen molar-refractivity contribution in [1.82, 2.24) is 29.5 Å². The molecule has 11 heteroatoms. The second-order valence-corrected chi connectivity index (χ2v) is 5.84. The molecule has 0 fully saturated rings. The van der Waals surface area contributed by atoms with Crippen LogP contribution >= 0.6 is 11.3 Å². The molecule has 0 radical (unpaired) electrons. The number of hydrogen-bond donors (Lipinski definition) is 0. The molecule has 0 spiro atoms. The third-order valence-electron chi connectivity index (χ3n) is 3.54. The fraction of sp³-hybridized carbons (Fsp3) is 0.133. The topological polar surface area (TPSA) is 78.6 Å². The van der Waals surface area contributed by atoms with Gasteiger partial charge in [0.25, 0.3) is 0 Å². The van der Waals surface area contributed by atoms with E-state index in [-0.39, 0.29) is 11.2 Å². The second-order valence-electron chi connectivity index (χ2n) is 5.13. The molecule has 0 saturated heterocycles. The molecule has 7 nitrogen and oxygen atoms in total. The lowest BCUT2D eigenvalue weighted by molar-refractivity contribution is -0.137. The minimum atomic E-state index is -4.51. The number of hydrogen-bond acceptors (Lipinski definition) is 7. The summed E-state index contributed by atoms with van der Waals surface area (Å²) in [7, 11) is 1.46. The Morgan fingerprint density at radius 3 is 2.54 bits per heavy atom. The van der Waals surface area contributed by atoms with Crippen molar-refractivity contribution in [1.29, 1.82) is 0 Å². The van der Waals surface area contributed by atoms with E-state index < -0.39 is 11.7 Å². The molecule has 0 unspecified atom stereocenters. The van der Waals surface area contributed by atoms with E-state index in [1.54, 1.807) is 10.9 Å². The van der Waals surface area contributed by atoms with Crippen LogP contribution in [0.5, 0.6) is 5.88 Å². The Kier molecular flexibility index (Phi) is 3.80. The van der Waals surface area contributed by atoms with Crippen LogP contribution in [0, 0.1) is 0 Å². The van der Waals surface area contributed by atoms with Crippen LogP contribution in [0.4, 0.5) is 13.2 Å². The molecule has 0 atom stereocenters. The van der Waals surface area contributed by atoms with Crippen LogP contribution < -0.4 is 4.74 Å². The van der Waals surface area contributed by atoms with Crippen molar-refractivity contribution in [2.75, 3.05) is 7.11 Å². The highest BCUT2D eigenvalue weighted by molar-refractivity contribution is 7.07. The number of imidazole rings is 1. The zero-order valence-corrected chi connectivity index (χ0v) is 13.9. The van der Waals surface area contributed by atoms with Gasteiger partial charge in [-0.15, -0.1) is 11.3 Å². The highest BCUT2D eigenvalue weighted by Crippen LogP contribution is 2.32. The number of aromatic nitrogens is 6. The van der Waals surface area contributed by atoms with Crippen LogP contribution in [0.3, 0.4) is 0 Å². The smallest absolute Gasteiger partial charge is 0.417 e. The van der Waals surface area contributed by atoms with Gasteiger partial charge in [-0.25, -0.2) is 24.9 Å². The molecule has 0 aliphatic carbocycles. The lowest BCUT2D eigenvalue weighted by Gasteiger charge is -2.08. The Morgan fingerprint density at radius 1 is 1.08 bits per heavy atom. The predicted octanol–water partition coefficient (Wildman–Crippen LogP) is 3.36. The zero-order valence-electron chi connectivity index (χ0n) is 13.1. The van der Waals surface area contributed by atoms with Crippen molar-refractivity contribution in [3.8, 4) is 23.2 Å². The lowest BCUT2D eigenvalue weighted by Crippen LogP contribution is -2.06. The Hall–Kier alpha value is -3.08. The number of halogens is 3. The monoisotopic (exact) mass is 378 g/mol. The fourth-order valence-electron chi connectivity index (χ4n) is 2.36. The lowest BCUT2D eigenvalue weighted by atomic mass is 10.2. The summed E-state index contributed by atoms with van der Waals surface area (Å²) in [6, 6.07) is 0.950. The highest BCUT2D eigenvalue weighted by atomic mass is 32.1. The van der Waals surface area contributed by atoms with Crippen LogP contribution in [-0.4, -0.2) is 36.6 Å². The summed E-state index contributed by atoms with van der Waals surface area (Å²) in [5.41, 5.74) is 1.54. The Bertz CT molecular complexity index is 1060. The maximum atomic E-state index is 13.0. The van der Waals surface area contributed by atoms with E-state index in [1.165, 1.54) is 35.4 Å². The standard InChI is InChI=1S/C15H9F3N6OS/c1-25-12-5-19-11(4-20-12)24-13-9(2-8(3-21-13)15(16,17)18)23-14(24)10-6-26-7-22-10/h2-7H,1H3. The first kappa shape index (κ1) is 16.4. The van der Waals surface area contributed by atoms with Crippen molar-refractivity contribution in [3.63, 3.8) is 0 Å². The SMILES string of the molecule is COc1cnc(-n2c(-c3cscn3)nc3cc(C(F)(F)F)cnc32)cn1. The van der Waals surface area contributed by atoms with Crippen molar-refractivity contribution < 1.29 is 17.9 Å². The maximum Gasteiger partial charge on any atom is 0.417 e. The second kappa shape index (κ2) is 6.02. The van der Waals surface area contributed by atoms with Crippen LogP contribution in [0.2, 0.25) is 0 Å². The summed E-state index contributed by atoms with van der Waals surface area (Å²) in [6.07, 6.45) is -0.917. The number of nitrogens with zero attached hydrogens (tertiary/aromatic N) is 6. The third kappa shape index (κ3) is 2.75. The summed E-state index contributed by atoms with van der Waals surface area (Å²) in [4.78, 5) is 20.7. The van der Waals surface area contributed by atoms with Gasteiger partial charge in [-0.3, -0.25) is 4.57 Å². The van der Waals surface area contributed by atoms with Gasteiger partial charge in [0, 0.05) is 11.6 Å². The fourth-order valence-corrected chi connectivity index (χ4v) is 2.89. The summed E-state index contributed by atoms with van der Waals surface area (Å²) < 4.78 is 45.4. The van der Waals surface area contributed by atoms with Crippen LogP contribution in [-0.2, 0) is 6.18 Å². The molecular weight excluding hydrogens is 369 g/mol. The van der Waals surface area contributed by atoms with Gasteiger partial charge in [-0.05, 0) is 6.07 Å². The highest BCUT2D eigenvalue weighted by Gasteiger charge is 2.32. The van der Waals surface area contributed by atoms with Crippen LogP contribution in [0.25, 0.3) is 28.5 Å². The molecular formula is C15H9F3N6OS. The van der Waals surface area contributed by atoms with Gasteiger partial charge in [0.1, 0.15) is 11.2 Å². The normalized spacial score (nSPS) is 11.8. The van der Waals surface area contributed by atoms with E-state index in [4.69, 9.17) is 4.74 Å².